The highest BCUT2D eigenvalue weighted by Gasteiger charge is 2.12. The summed E-state index contributed by atoms with van der Waals surface area (Å²) in [6.45, 7) is 1.23. The molecule has 144 valence electrons. The number of primary amides is 1. The molecule has 0 radical (unpaired) electrons. The van der Waals surface area contributed by atoms with Crippen LogP contribution in [0.25, 0.3) is 15.9 Å². The molecule has 12 heteroatoms. The molecule has 4 aromatic rings. The number of benzene rings is 1. The lowest BCUT2D eigenvalue weighted by Crippen LogP contribution is -2.15. The maximum absolute atomic E-state index is 10.9. The first-order valence-corrected chi connectivity index (χ1v) is 9.76. The van der Waals surface area contributed by atoms with E-state index in [1.54, 1.807) is 11.6 Å². The molecule has 0 fully saturated rings. The van der Waals surface area contributed by atoms with Crippen LogP contribution in [-0.2, 0) is 4.74 Å². The van der Waals surface area contributed by atoms with E-state index < -0.39 is 6.09 Å². The van der Waals surface area contributed by atoms with Gasteiger partial charge in [-0.15, -0.1) is 15.3 Å². The van der Waals surface area contributed by atoms with Gasteiger partial charge in [-0.1, -0.05) is 11.3 Å². The third-order valence-electron chi connectivity index (χ3n) is 3.58. The van der Waals surface area contributed by atoms with Crippen LogP contribution in [-0.4, -0.2) is 51.2 Å². The molecule has 10 nitrogen and oxygen atoms in total. The number of nitrogens with zero attached hydrogens (tertiary/aromatic N) is 5. The fourth-order valence-electron chi connectivity index (χ4n) is 2.39. The van der Waals surface area contributed by atoms with Crippen LogP contribution in [0.1, 0.15) is 0 Å². The summed E-state index contributed by atoms with van der Waals surface area (Å²) in [5.74, 6) is 0.706. The normalized spacial score (nSPS) is 11.2. The third-order valence-corrected chi connectivity index (χ3v) is 5.41. The average Bonchev–Trinajstić information content (AvgIpc) is 3.24. The van der Waals surface area contributed by atoms with Crippen molar-refractivity contribution < 1.29 is 14.3 Å². The number of nitrogens with two attached hydrogens (primary N) is 1. The van der Waals surface area contributed by atoms with E-state index in [1.165, 1.54) is 23.1 Å². The van der Waals surface area contributed by atoms with Crippen molar-refractivity contribution in [2.45, 2.75) is 10.1 Å². The molecule has 3 heterocycles. The van der Waals surface area contributed by atoms with Gasteiger partial charge < -0.3 is 20.5 Å². The topological polar surface area (TPSA) is 130 Å². The van der Waals surface area contributed by atoms with Crippen molar-refractivity contribution in [1.29, 1.82) is 0 Å². The quantitative estimate of drug-likeness (QED) is 0.435. The van der Waals surface area contributed by atoms with Crippen molar-refractivity contribution in [2.24, 2.45) is 5.73 Å². The van der Waals surface area contributed by atoms with E-state index in [1.807, 2.05) is 30.3 Å². The first-order chi connectivity index (χ1) is 13.6. The van der Waals surface area contributed by atoms with Gasteiger partial charge in [-0.3, -0.25) is 0 Å². The number of ether oxygens (including phenoxy) is 2. The Morgan fingerprint density at radius 2 is 2.21 bits per heavy atom. The molecule has 3 N–H and O–H groups in total. The lowest BCUT2D eigenvalue weighted by atomic mass is 10.3. The largest absolute Gasteiger partial charge is 0.411 e. The fourth-order valence-corrected chi connectivity index (χ4v) is 4.15. The van der Waals surface area contributed by atoms with E-state index in [9.17, 15) is 4.79 Å². The van der Waals surface area contributed by atoms with Crippen LogP contribution < -0.4 is 15.8 Å². The molecule has 0 aliphatic rings. The SMILES string of the molecule is COCCNc1ccc2nnc(Sc3ccc4nc(OC(N)=O)sc4c3)n2n1. The fraction of sp³-hybridized carbons (Fsp3) is 0.188. The molecule has 0 saturated carbocycles. The van der Waals surface area contributed by atoms with Crippen molar-refractivity contribution in [3.05, 3.63) is 30.3 Å². The van der Waals surface area contributed by atoms with Crippen molar-refractivity contribution in [1.82, 2.24) is 24.8 Å². The third kappa shape index (κ3) is 3.98. The van der Waals surface area contributed by atoms with E-state index in [0.717, 1.165) is 15.1 Å². The number of rotatable bonds is 7. The van der Waals surface area contributed by atoms with Gasteiger partial charge in [-0.25, -0.2) is 9.78 Å². The maximum Gasteiger partial charge on any atom is 0.411 e. The van der Waals surface area contributed by atoms with Crippen LogP contribution in [0, 0.1) is 0 Å². The predicted molar refractivity (Wildman–Crippen MR) is 105 cm³/mol. The molecule has 0 bridgehead atoms. The van der Waals surface area contributed by atoms with Crippen molar-refractivity contribution >= 4 is 50.9 Å². The lowest BCUT2D eigenvalue weighted by molar-refractivity contribution is 0.210. The first kappa shape index (κ1) is 18.4. The molecule has 4 rings (SSSR count). The molecule has 0 aliphatic carbocycles. The summed E-state index contributed by atoms with van der Waals surface area (Å²) in [4.78, 5) is 16.0. The van der Waals surface area contributed by atoms with Gasteiger partial charge in [0.2, 0.25) is 5.16 Å². The molecule has 0 aliphatic heterocycles. The summed E-state index contributed by atoms with van der Waals surface area (Å²) in [5, 5.41) is 16.9. The number of fused-ring (bicyclic) bond motifs is 2. The molecule has 0 saturated heterocycles. The molecule has 0 unspecified atom stereocenters. The van der Waals surface area contributed by atoms with Crippen LogP contribution in [0.4, 0.5) is 10.6 Å². The Labute approximate surface area is 167 Å². The number of methoxy groups -OCH3 is 1. The minimum absolute atomic E-state index is 0.214. The summed E-state index contributed by atoms with van der Waals surface area (Å²) in [7, 11) is 1.65. The van der Waals surface area contributed by atoms with Crippen molar-refractivity contribution in [2.75, 3.05) is 25.6 Å². The van der Waals surface area contributed by atoms with Gasteiger partial charge in [-0.05, 0) is 42.1 Å². The number of thiazole rings is 1. The zero-order valence-electron chi connectivity index (χ0n) is 14.7. The number of anilines is 1. The predicted octanol–water partition coefficient (Wildman–Crippen LogP) is 2.40. The second-order valence-corrected chi connectivity index (χ2v) is 7.56. The number of nitrogens with one attached hydrogen (secondary N) is 1. The minimum Gasteiger partial charge on any atom is -0.383 e. The number of aromatic nitrogens is 5. The average molecular weight is 417 g/mol. The molecule has 28 heavy (non-hydrogen) atoms. The lowest BCUT2D eigenvalue weighted by Gasteiger charge is -2.05. The summed E-state index contributed by atoms with van der Waals surface area (Å²) in [6.07, 6.45) is -0.885. The Bertz CT molecular complexity index is 1140. The monoisotopic (exact) mass is 417 g/mol. The highest BCUT2D eigenvalue weighted by atomic mass is 32.2. The van der Waals surface area contributed by atoms with E-state index in [0.29, 0.717) is 29.8 Å². The van der Waals surface area contributed by atoms with Gasteiger partial charge in [0.1, 0.15) is 5.82 Å². The summed E-state index contributed by atoms with van der Waals surface area (Å²) in [6, 6.07) is 9.38. The number of hydrogen-bond acceptors (Lipinski definition) is 10. The summed E-state index contributed by atoms with van der Waals surface area (Å²) < 4.78 is 12.4. The number of amides is 1. The zero-order valence-corrected chi connectivity index (χ0v) is 16.3. The van der Waals surface area contributed by atoms with E-state index in [2.05, 4.69) is 25.6 Å². The molecule has 1 aromatic carbocycles. The molecule has 0 spiro atoms. The number of carbonyl (C=O) groups excluding carboxylic acids is 1. The van der Waals surface area contributed by atoms with E-state index >= 15 is 0 Å². The van der Waals surface area contributed by atoms with Gasteiger partial charge in [0.15, 0.2) is 5.65 Å². The Kier molecular flexibility index (Phi) is 5.23. The second kappa shape index (κ2) is 7.96. The second-order valence-electron chi connectivity index (χ2n) is 5.52. The minimum atomic E-state index is -0.885. The van der Waals surface area contributed by atoms with Gasteiger partial charge >= 0.3 is 6.09 Å². The van der Waals surface area contributed by atoms with E-state index in [-0.39, 0.29) is 5.19 Å². The van der Waals surface area contributed by atoms with Crippen LogP contribution in [0.5, 0.6) is 5.19 Å². The number of hydrogen-bond donors (Lipinski definition) is 2. The van der Waals surface area contributed by atoms with Crippen LogP contribution in [0.15, 0.2) is 40.4 Å². The van der Waals surface area contributed by atoms with Gasteiger partial charge in [0, 0.05) is 18.6 Å². The van der Waals surface area contributed by atoms with Crippen molar-refractivity contribution in [3.8, 4) is 5.19 Å². The standard InChI is InChI=1S/C16H15N7O3S2/c1-25-7-6-18-12-4-5-13-20-21-15(23(13)22-12)27-9-2-3-10-11(8-9)28-16(19-10)26-14(17)24/h2-5,8H,6-7H2,1H3,(H2,17,24)(H,18,22). The summed E-state index contributed by atoms with van der Waals surface area (Å²) in [5.41, 5.74) is 6.40. The maximum atomic E-state index is 10.9. The van der Waals surface area contributed by atoms with Gasteiger partial charge in [0.05, 0.1) is 16.8 Å². The summed E-state index contributed by atoms with van der Waals surface area (Å²) >= 11 is 2.66. The smallest absolute Gasteiger partial charge is 0.383 e. The van der Waals surface area contributed by atoms with E-state index in [4.69, 9.17) is 15.2 Å². The van der Waals surface area contributed by atoms with Crippen molar-refractivity contribution in [3.63, 3.8) is 0 Å². The molecular formula is C16H15N7O3S2. The van der Waals surface area contributed by atoms with Crippen LogP contribution in [0.2, 0.25) is 0 Å². The molecule has 1 amide bonds. The van der Waals surface area contributed by atoms with Crippen LogP contribution in [0.3, 0.4) is 0 Å². The number of carbonyl (C=O) groups is 1. The van der Waals surface area contributed by atoms with Gasteiger partial charge in [0.25, 0.3) is 5.19 Å². The molecular weight excluding hydrogens is 402 g/mol. The van der Waals surface area contributed by atoms with Crippen LogP contribution >= 0.6 is 23.1 Å². The zero-order chi connectivity index (χ0) is 19.5. The Hall–Kier alpha value is -2.96. The Morgan fingerprint density at radius 3 is 3.04 bits per heavy atom. The molecule has 0 atom stereocenters. The first-order valence-electron chi connectivity index (χ1n) is 8.13. The molecule has 3 aromatic heterocycles. The highest BCUT2D eigenvalue weighted by molar-refractivity contribution is 7.99. The Balaban J connectivity index is 1.58. The Morgan fingerprint density at radius 1 is 1.32 bits per heavy atom. The highest BCUT2D eigenvalue weighted by Crippen LogP contribution is 2.33. The van der Waals surface area contributed by atoms with Gasteiger partial charge in [-0.2, -0.15) is 4.52 Å².